The number of carboxylic acids is 1. The summed E-state index contributed by atoms with van der Waals surface area (Å²) in [6.45, 7) is 6.96. The molecule has 6 aromatic rings. The van der Waals surface area contributed by atoms with Crippen LogP contribution >= 0.6 is 23.2 Å². The fourth-order valence-corrected chi connectivity index (χ4v) is 7.57. The third-order valence-corrected chi connectivity index (χ3v) is 10.0. The van der Waals surface area contributed by atoms with Crippen molar-refractivity contribution in [2.75, 3.05) is 18.1 Å². The summed E-state index contributed by atoms with van der Waals surface area (Å²) in [6, 6.07) is 16.1. The third kappa shape index (κ3) is 5.13. The van der Waals surface area contributed by atoms with Crippen molar-refractivity contribution in [3.05, 3.63) is 99.0 Å². The van der Waals surface area contributed by atoms with Gasteiger partial charge < -0.3 is 23.9 Å². The normalized spacial score (nSPS) is 14.7. The summed E-state index contributed by atoms with van der Waals surface area (Å²) in [7, 11) is 3.82. The topological polar surface area (TPSA) is 94.5 Å². The van der Waals surface area contributed by atoms with Gasteiger partial charge in [0.1, 0.15) is 11.4 Å². The van der Waals surface area contributed by atoms with Gasteiger partial charge in [0.25, 0.3) is 5.91 Å². The van der Waals surface area contributed by atoms with Gasteiger partial charge in [-0.3, -0.25) is 9.48 Å². The number of ether oxygens (including phenoxy) is 1. The summed E-state index contributed by atoms with van der Waals surface area (Å²) < 4.78 is 12.0. The number of nitrogens with zero attached hydrogens (tertiary/aromatic N) is 5. The summed E-state index contributed by atoms with van der Waals surface area (Å²) in [6.07, 6.45) is 3.16. The lowest BCUT2D eigenvalue weighted by atomic mass is 9.98. The Balaban J connectivity index is 1.39. The van der Waals surface area contributed by atoms with Crippen LogP contribution < -0.4 is 9.64 Å². The van der Waals surface area contributed by atoms with Gasteiger partial charge >= 0.3 is 5.97 Å². The smallest absolute Gasteiger partial charge is 0.335 e. The number of carboxylic acid groups (broad SMARTS) is 1. The van der Waals surface area contributed by atoms with E-state index in [4.69, 9.17) is 27.9 Å². The first-order valence-electron chi connectivity index (χ1n) is 15.8. The minimum absolute atomic E-state index is 0.133. The second-order valence-electron chi connectivity index (χ2n) is 12.5. The molecule has 0 saturated heterocycles. The molecule has 3 aromatic heterocycles. The van der Waals surface area contributed by atoms with E-state index in [0.717, 1.165) is 50.2 Å². The minimum atomic E-state index is -1.02. The molecule has 1 amide bonds. The fourth-order valence-electron chi connectivity index (χ4n) is 7.20. The Bertz CT molecular complexity index is 2260. The number of aryl methyl sites for hydroxylation is 4. The summed E-state index contributed by atoms with van der Waals surface area (Å²) >= 11 is 13.1. The van der Waals surface area contributed by atoms with Crippen LogP contribution in [0.15, 0.2) is 60.8 Å². The van der Waals surface area contributed by atoms with Gasteiger partial charge in [-0.15, -0.1) is 0 Å². The number of fused-ring (bicyclic) bond motifs is 4. The van der Waals surface area contributed by atoms with E-state index in [0.29, 0.717) is 52.8 Å². The molecule has 1 atom stereocenters. The van der Waals surface area contributed by atoms with Gasteiger partial charge in [-0.2, -0.15) is 5.10 Å². The Hall–Kier alpha value is -4.73. The van der Waals surface area contributed by atoms with Crippen LogP contribution in [0.4, 0.5) is 5.69 Å². The molecule has 1 aliphatic heterocycles. The average Bonchev–Trinajstić information content (AvgIpc) is 3.66. The first-order chi connectivity index (χ1) is 23.0. The van der Waals surface area contributed by atoms with Crippen molar-refractivity contribution in [2.45, 2.75) is 39.7 Å². The lowest BCUT2D eigenvalue weighted by Crippen LogP contribution is -2.42. The van der Waals surface area contributed by atoms with E-state index in [1.54, 1.807) is 35.2 Å². The molecule has 0 saturated carbocycles. The molecular formula is C37H35Cl2N5O4. The Morgan fingerprint density at radius 2 is 1.77 bits per heavy atom. The van der Waals surface area contributed by atoms with Crippen LogP contribution in [0.25, 0.3) is 32.9 Å². The number of amides is 1. The highest BCUT2D eigenvalue weighted by Gasteiger charge is 2.37. The van der Waals surface area contributed by atoms with Gasteiger partial charge in [0, 0.05) is 71.0 Å². The van der Waals surface area contributed by atoms with Crippen molar-refractivity contribution in [3.63, 3.8) is 0 Å². The summed E-state index contributed by atoms with van der Waals surface area (Å²) in [5, 5.41) is 17.3. The largest absolute Gasteiger partial charge is 0.494 e. The van der Waals surface area contributed by atoms with Gasteiger partial charge in [0.15, 0.2) is 0 Å². The standard InChI is InChI=1S/C37H35Cl2N5O4/c1-20-18-43(31-19-41(4)30-15-8-23(37(46)47)17-28(30)31)36(45)35-26(7-6-16-48-25-11-9-24(38)10-12-25)27-13-14-29(39)33(34(27)44(20)35)32-21(2)40-42(5)22(32)3/h8-15,17,19-20H,6-7,16,18H2,1-5H3,(H,46,47). The zero-order valence-corrected chi connectivity index (χ0v) is 28.9. The molecule has 1 N–H and O–H groups in total. The number of halogens is 2. The van der Waals surface area contributed by atoms with E-state index >= 15 is 0 Å². The zero-order chi connectivity index (χ0) is 34.0. The van der Waals surface area contributed by atoms with Crippen LogP contribution in [0.3, 0.4) is 0 Å². The second kappa shape index (κ2) is 12.1. The molecule has 0 aliphatic carbocycles. The molecule has 0 spiro atoms. The number of hydrogen-bond donors (Lipinski definition) is 1. The van der Waals surface area contributed by atoms with E-state index in [9.17, 15) is 14.7 Å². The highest BCUT2D eigenvalue weighted by atomic mass is 35.5. The lowest BCUT2D eigenvalue weighted by Gasteiger charge is -2.34. The first kappa shape index (κ1) is 31.8. The Kier molecular flexibility index (Phi) is 8.00. The minimum Gasteiger partial charge on any atom is -0.494 e. The molecule has 0 fully saturated rings. The molecule has 7 rings (SSSR count). The van der Waals surface area contributed by atoms with Crippen molar-refractivity contribution in [2.24, 2.45) is 14.1 Å². The predicted molar refractivity (Wildman–Crippen MR) is 190 cm³/mol. The van der Waals surface area contributed by atoms with E-state index in [2.05, 4.69) is 16.6 Å². The number of aromatic carboxylic acids is 1. The van der Waals surface area contributed by atoms with Crippen LogP contribution in [-0.2, 0) is 20.5 Å². The Labute approximate surface area is 287 Å². The highest BCUT2D eigenvalue weighted by molar-refractivity contribution is 6.35. The van der Waals surface area contributed by atoms with E-state index in [-0.39, 0.29) is 17.5 Å². The Morgan fingerprint density at radius 3 is 2.46 bits per heavy atom. The van der Waals surface area contributed by atoms with Gasteiger partial charge in [0.05, 0.1) is 34.1 Å². The molecule has 0 bridgehead atoms. The molecule has 4 heterocycles. The van der Waals surface area contributed by atoms with Gasteiger partial charge in [0.2, 0.25) is 0 Å². The zero-order valence-electron chi connectivity index (χ0n) is 27.3. The lowest BCUT2D eigenvalue weighted by molar-refractivity contribution is 0.0696. The van der Waals surface area contributed by atoms with Crippen molar-refractivity contribution in [3.8, 4) is 16.9 Å². The maximum atomic E-state index is 14.9. The van der Waals surface area contributed by atoms with Gasteiger partial charge in [-0.05, 0) is 87.7 Å². The second-order valence-corrected chi connectivity index (χ2v) is 13.4. The molecule has 1 aliphatic rings. The predicted octanol–water partition coefficient (Wildman–Crippen LogP) is 8.39. The number of carbonyl (C=O) groups excluding carboxylic acids is 1. The highest BCUT2D eigenvalue weighted by Crippen LogP contribution is 2.45. The van der Waals surface area contributed by atoms with Crippen LogP contribution in [0.5, 0.6) is 5.75 Å². The van der Waals surface area contributed by atoms with Crippen LogP contribution in [0.2, 0.25) is 10.0 Å². The first-order valence-corrected chi connectivity index (χ1v) is 16.6. The van der Waals surface area contributed by atoms with Crippen molar-refractivity contribution in [1.82, 2.24) is 18.9 Å². The monoisotopic (exact) mass is 683 g/mol. The molecule has 0 radical (unpaired) electrons. The van der Waals surface area contributed by atoms with Crippen molar-refractivity contribution < 1.29 is 19.4 Å². The van der Waals surface area contributed by atoms with Crippen molar-refractivity contribution in [1.29, 1.82) is 0 Å². The number of hydrogen-bond acceptors (Lipinski definition) is 4. The summed E-state index contributed by atoms with van der Waals surface area (Å²) in [5.74, 6) is -0.432. The van der Waals surface area contributed by atoms with Crippen molar-refractivity contribution >= 4 is 62.6 Å². The molecule has 9 nitrogen and oxygen atoms in total. The number of aromatic nitrogens is 4. The maximum Gasteiger partial charge on any atom is 0.335 e. The number of carbonyl (C=O) groups is 2. The maximum absolute atomic E-state index is 14.9. The van der Waals surface area contributed by atoms with Crippen LogP contribution in [0.1, 0.15) is 57.2 Å². The quantitative estimate of drug-likeness (QED) is 0.163. The molecular weight excluding hydrogens is 649 g/mol. The SMILES string of the molecule is Cc1nn(C)c(C)c1-c1c(Cl)ccc2c(CCCOc3ccc(Cl)cc3)c3n(c12)C(C)CN(c1cn(C)c2ccc(C(=O)O)cc12)C3=O. The molecule has 11 heteroatoms. The molecule has 48 heavy (non-hydrogen) atoms. The van der Waals surface area contributed by atoms with Crippen LogP contribution in [0, 0.1) is 13.8 Å². The molecule has 3 aromatic carbocycles. The van der Waals surface area contributed by atoms with E-state index in [1.165, 1.54) is 0 Å². The average molecular weight is 685 g/mol. The number of rotatable bonds is 8. The van der Waals surface area contributed by atoms with Gasteiger partial charge in [-0.1, -0.05) is 29.3 Å². The molecule has 1 unspecified atom stereocenters. The summed E-state index contributed by atoms with van der Waals surface area (Å²) in [5.41, 5.74) is 7.81. The third-order valence-electron chi connectivity index (χ3n) is 9.47. The number of benzene rings is 3. The number of anilines is 1. The van der Waals surface area contributed by atoms with Gasteiger partial charge in [-0.25, -0.2) is 4.79 Å². The summed E-state index contributed by atoms with van der Waals surface area (Å²) in [4.78, 5) is 28.6. The molecule has 246 valence electrons. The fraction of sp³-hybridized carbons (Fsp3) is 0.270. The van der Waals surface area contributed by atoms with Crippen LogP contribution in [-0.4, -0.2) is 49.0 Å². The van der Waals surface area contributed by atoms with E-state index < -0.39 is 5.97 Å². The van der Waals surface area contributed by atoms with E-state index in [1.807, 2.05) is 67.7 Å². The Morgan fingerprint density at radius 1 is 1.02 bits per heavy atom.